The first-order valence-corrected chi connectivity index (χ1v) is 7.45. The average Bonchev–Trinajstić information content (AvgIpc) is 2.81. The van der Waals surface area contributed by atoms with Crippen LogP contribution in [0.15, 0.2) is 18.6 Å². The highest BCUT2D eigenvalue weighted by Crippen LogP contribution is 2.24. The van der Waals surface area contributed by atoms with Gasteiger partial charge in [-0.25, -0.2) is 9.50 Å². The van der Waals surface area contributed by atoms with Crippen LogP contribution in [0.3, 0.4) is 0 Å². The molecular weight excluding hydrogens is 250 g/mol. The molecule has 0 aliphatic carbocycles. The monoisotopic (exact) mass is 273 g/mol. The predicted molar refractivity (Wildman–Crippen MR) is 80.5 cm³/mol. The molecule has 1 saturated heterocycles. The van der Waals surface area contributed by atoms with Gasteiger partial charge in [-0.2, -0.15) is 5.10 Å². The molecule has 0 unspecified atom stereocenters. The molecule has 0 spiro atoms. The maximum Gasteiger partial charge on any atom is 0.158 e. The van der Waals surface area contributed by atoms with Crippen LogP contribution in [0.5, 0.6) is 0 Å². The Labute approximate surface area is 119 Å². The zero-order valence-electron chi connectivity index (χ0n) is 12.3. The van der Waals surface area contributed by atoms with Gasteiger partial charge in [-0.1, -0.05) is 0 Å². The van der Waals surface area contributed by atoms with Crippen LogP contribution in [0.1, 0.15) is 32.3 Å². The number of hydrogen-bond donors (Lipinski definition) is 1. The SMILES string of the molecule is CC(C)N1CCC(Cc2cnn3cc(N)cnc23)CC1. The number of aromatic nitrogens is 3. The lowest BCUT2D eigenvalue weighted by molar-refractivity contribution is 0.149. The lowest BCUT2D eigenvalue weighted by Crippen LogP contribution is -2.38. The van der Waals surface area contributed by atoms with Gasteiger partial charge in [0, 0.05) is 11.6 Å². The van der Waals surface area contributed by atoms with Gasteiger partial charge in [0.15, 0.2) is 5.65 Å². The molecule has 20 heavy (non-hydrogen) atoms. The van der Waals surface area contributed by atoms with Crippen LogP contribution in [0.2, 0.25) is 0 Å². The standard InChI is InChI=1S/C15H23N5/c1-11(2)19-5-3-12(4-6-19)7-13-8-18-20-10-14(16)9-17-15(13)20/h8-12H,3-7,16H2,1-2H3. The normalized spacial score (nSPS) is 18.1. The summed E-state index contributed by atoms with van der Waals surface area (Å²) in [5, 5.41) is 4.35. The van der Waals surface area contributed by atoms with E-state index in [9.17, 15) is 0 Å². The van der Waals surface area contributed by atoms with Gasteiger partial charge in [0.1, 0.15) is 0 Å². The summed E-state index contributed by atoms with van der Waals surface area (Å²) < 4.78 is 1.79. The minimum atomic E-state index is 0.650. The van der Waals surface area contributed by atoms with Crippen molar-refractivity contribution in [2.45, 2.75) is 39.2 Å². The van der Waals surface area contributed by atoms with E-state index in [-0.39, 0.29) is 0 Å². The maximum absolute atomic E-state index is 5.73. The van der Waals surface area contributed by atoms with Gasteiger partial charge in [-0.05, 0) is 52.1 Å². The van der Waals surface area contributed by atoms with Gasteiger partial charge in [0.25, 0.3) is 0 Å². The quantitative estimate of drug-likeness (QED) is 0.929. The van der Waals surface area contributed by atoms with E-state index < -0.39 is 0 Å². The number of anilines is 1. The summed E-state index contributed by atoms with van der Waals surface area (Å²) in [6.45, 7) is 6.98. The van der Waals surface area contributed by atoms with Crippen LogP contribution >= 0.6 is 0 Å². The number of likely N-dealkylation sites (tertiary alicyclic amines) is 1. The van der Waals surface area contributed by atoms with Gasteiger partial charge in [-0.3, -0.25) is 0 Å². The molecule has 3 heterocycles. The Morgan fingerprint density at radius 3 is 2.75 bits per heavy atom. The van der Waals surface area contributed by atoms with Crippen molar-refractivity contribution >= 4 is 11.3 Å². The summed E-state index contributed by atoms with van der Waals surface area (Å²) in [4.78, 5) is 6.98. The summed E-state index contributed by atoms with van der Waals surface area (Å²) in [5.74, 6) is 0.748. The Hall–Kier alpha value is -1.62. The number of rotatable bonds is 3. The molecule has 3 rings (SSSR count). The molecule has 1 aliphatic heterocycles. The van der Waals surface area contributed by atoms with Gasteiger partial charge in [-0.15, -0.1) is 0 Å². The molecule has 1 aliphatic rings. The second kappa shape index (κ2) is 5.40. The number of hydrogen-bond acceptors (Lipinski definition) is 4. The minimum Gasteiger partial charge on any atom is -0.396 e. The number of nitrogen functional groups attached to an aromatic ring is 1. The fraction of sp³-hybridized carbons (Fsp3) is 0.600. The minimum absolute atomic E-state index is 0.650. The number of nitrogens with two attached hydrogens (primary N) is 1. The van der Waals surface area contributed by atoms with E-state index in [0.717, 1.165) is 18.0 Å². The van der Waals surface area contributed by atoms with Crippen molar-refractivity contribution in [2.75, 3.05) is 18.8 Å². The molecule has 5 heteroatoms. The van der Waals surface area contributed by atoms with Crippen LogP contribution < -0.4 is 5.73 Å². The molecule has 2 aromatic heterocycles. The third-order valence-electron chi connectivity index (χ3n) is 4.34. The topological polar surface area (TPSA) is 59.5 Å². The van der Waals surface area contributed by atoms with E-state index in [0.29, 0.717) is 11.7 Å². The molecule has 0 atom stereocenters. The molecule has 5 nitrogen and oxygen atoms in total. The fourth-order valence-corrected chi connectivity index (χ4v) is 3.07. The Bertz CT molecular complexity index is 581. The summed E-state index contributed by atoms with van der Waals surface area (Å²) in [7, 11) is 0. The molecule has 2 aromatic rings. The molecule has 1 fully saturated rings. The van der Waals surface area contributed by atoms with Crippen molar-refractivity contribution in [1.29, 1.82) is 0 Å². The zero-order chi connectivity index (χ0) is 14.1. The van der Waals surface area contributed by atoms with E-state index in [4.69, 9.17) is 5.73 Å². The van der Waals surface area contributed by atoms with Crippen LogP contribution in [0.25, 0.3) is 5.65 Å². The van der Waals surface area contributed by atoms with Gasteiger partial charge < -0.3 is 10.6 Å². The summed E-state index contributed by atoms with van der Waals surface area (Å²) >= 11 is 0. The molecule has 108 valence electrons. The van der Waals surface area contributed by atoms with Crippen molar-refractivity contribution in [1.82, 2.24) is 19.5 Å². The fourth-order valence-electron chi connectivity index (χ4n) is 3.07. The zero-order valence-corrected chi connectivity index (χ0v) is 12.3. The van der Waals surface area contributed by atoms with E-state index in [1.165, 1.54) is 31.5 Å². The van der Waals surface area contributed by atoms with Crippen LogP contribution in [0.4, 0.5) is 5.69 Å². The first-order valence-electron chi connectivity index (χ1n) is 7.45. The third kappa shape index (κ3) is 2.63. The molecular formula is C15H23N5. The van der Waals surface area contributed by atoms with Gasteiger partial charge in [0.05, 0.1) is 24.3 Å². The summed E-state index contributed by atoms with van der Waals surface area (Å²) in [6, 6.07) is 0.664. The molecule has 0 bridgehead atoms. The van der Waals surface area contributed by atoms with Crippen molar-refractivity contribution in [3.8, 4) is 0 Å². The maximum atomic E-state index is 5.73. The van der Waals surface area contributed by atoms with Gasteiger partial charge in [0.2, 0.25) is 0 Å². The molecule has 2 N–H and O–H groups in total. The number of nitrogens with zero attached hydrogens (tertiary/aromatic N) is 4. The van der Waals surface area contributed by atoms with Crippen LogP contribution in [-0.4, -0.2) is 38.6 Å². The van der Waals surface area contributed by atoms with Crippen molar-refractivity contribution in [3.63, 3.8) is 0 Å². The highest BCUT2D eigenvalue weighted by atomic mass is 15.2. The molecule has 0 amide bonds. The molecule has 0 aromatic carbocycles. The number of fused-ring (bicyclic) bond motifs is 1. The predicted octanol–water partition coefficient (Wildman–Crippen LogP) is 1.97. The Morgan fingerprint density at radius 1 is 1.30 bits per heavy atom. The lowest BCUT2D eigenvalue weighted by atomic mass is 9.90. The van der Waals surface area contributed by atoms with E-state index in [1.807, 2.05) is 12.4 Å². The van der Waals surface area contributed by atoms with Crippen molar-refractivity contribution < 1.29 is 0 Å². The van der Waals surface area contributed by atoms with Crippen LogP contribution in [0, 0.1) is 5.92 Å². The molecule has 0 saturated carbocycles. The Morgan fingerprint density at radius 2 is 2.05 bits per heavy atom. The van der Waals surface area contributed by atoms with Crippen molar-refractivity contribution in [3.05, 3.63) is 24.2 Å². The summed E-state index contributed by atoms with van der Waals surface area (Å²) in [5.41, 5.74) is 8.58. The van der Waals surface area contributed by atoms with E-state index in [1.54, 1.807) is 10.7 Å². The summed E-state index contributed by atoms with van der Waals surface area (Å²) in [6.07, 6.45) is 9.09. The average molecular weight is 273 g/mol. The highest BCUT2D eigenvalue weighted by Gasteiger charge is 2.22. The first kappa shape index (κ1) is 13.4. The highest BCUT2D eigenvalue weighted by molar-refractivity contribution is 5.49. The van der Waals surface area contributed by atoms with E-state index in [2.05, 4.69) is 28.8 Å². The largest absolute Gasteiger partial charge is 0.396 e. The number of piperidine rings is 1. The van der Waals surface area contributed by atoms with Gasteiger partial charge >= 0.3 is 0 Å². The second-order valence-corrected chi connectivity index (χ2v) is 6.10. The second-order valence-electron chi connectivity index (χ2n) is 6.10. The lowest BCUT2D eigenvalue weighted by Gasteiger charge is -2.34. The Balaban J connectivity index is 1.68. The van der Waals surface area contributed by atoms with E-state index >= 15 is 0 Å². The third-order valence-corrected chi connectivity index (χ3v) is 4.34. The first-order chi connectivity index (χ1) is 9.63. The van der Waals surface area contributed by atoms with Crippen molar-refractivity contribution in [2.24, 2.45) is 5.92 Å². The smallest absolute Gasteiger partial charge is 0.158 e. The van der Waals surface area contributed by atoms with Crippen LogP contribution in [-0.2, 0) is 6.42 Å². The Kier molecular flexibility index (Phi) is 3.61. The molecule has 0 radical (unpaired) electrons.